The van der Waals surface area contributed by atoms with Crippen molar-refractivity contribution < 1.29 is 28.4 Å². The van der Waals surface area contributed by atoms with E-state index in [4.69, 9.17) is 9.05 Å². The largest absolute Gasteiger partial charge is 0.472 e. The van der Waals surface area contributed by atoms with Gasteiger partial charge in [0.1, 0.15) is 6.10 Å². The Morgan fingerprint density at radius 2 is 1.82 bits per heavy atom. The summed E-state index contributed by atoms with van der Waals surface area (Å²) in [5.74, 6) is -0.0750. The van der Waals surface area contributed by atoms with Crippen molar-refractivity contribution in [2.75, 3.05) is 13.2 Å². The van der Waals surface area contributed by atoms with Gasteiger partial charge >= 0.3 is 7.82 Å². The molecule has 0 saturated carbocycles. The molecule has 1 amide bonds. The summed E-state index contributed by atoms with van der Waals surface area (Å²) in [7, 11) is -4.19. The fraction of sp³-hybridized carbons (Fsp3) is 0.929. The van der Waals surface area contributed by atoms with E-state index < -0.39 is 31.4 Å². The maximum Gasteiger partial charge on any atom is 0.472 e. The number of aliphatic hydroxyl groups excluding tert-OH is 1. The molecule has 132 valence electrons. The lowest BCUT2D eigenvalue weighted by Crippen LogP contribution is -2.46. The zero-order valence-corrected chi connectivity index (χ0v) is 15.2. The predicted molar refractivity (Wildman–Crippen MR) is 84.3 cm³/mol. The highest BCUT2D eigenvalue weighted by molar-refractivity contribution is 7.47. The number of aliphatic hydroxyl groups is 1. The highest BCUT2D eigenvalue weighted by Crippen LogP contribution is 2.46. The second kappa shape index (κ2) is 8.99. The molecule has 7 nitrogen and oxygen atoms in total. The van der Waals surface area contributed by atoms with Gasteiger partial charge in [0.15, 0.2) is 0 Å². The SMILES string of the molecule is CC(C)CCNC(=O)C(O)C(C)(C)COP(=O)(O)OC(C)C. The van der Waals surface area contributed by atoms with E-state index in [2.05, 4.69) is 5.32 Å². The number of amides is 1. The molecule has 0 saturated heterocycles. The Bertz CT molecular complexity index is 397. The molecule has 0 aliphatic heterocycles. The first-order valence-corrected chi connectivity index (χ1v) is 8.98. The smallest absolute Gasteiger partial charge is 0.383 e. The molecule has 22 heavy (non-hydrogen) atoms. The van der Waals surface area contributed by atoms with E-state index in [1.807, 2.05) is 13.8 Å². The molecular weight excluding hydrogens is 309 g/mol. The Kier molecular flexibility index (Phi) is 8.80. The van der Waals surface area contributed by atoms with E-state index in [-0.39, 0.29) is 6.61 Å². The molecule has 0 aromatic rings. The molecular formula is C14H30NO6P. The number of hydrogen-bond donors (Lipinski definition) is 3. The molecule has 8 heteroatoms. The molecule has 0 fully saturated rings. The van der Waals surface area contributed by atoms with Crippen LogP contribution in [-0.2, 0) is 18.4 Å². The van der Waals surface area contributed by atoms with Gasteiger partial charge in [0.05, 0.1) is 12.7 Å². The first-order chi connectivity index (χ1) is 9.87. The van der Waals surface area contributed by atoms with Crippen LogP contribution in [0.2, 0.25) is 0 Å². The van der Waals surface area contributed by atoms with Gasteiger partial charge in [-0.15, -0.1) is 0 Å². The summed E-state index contributed by atoms with van der Waals surface area (Å²) in [6.45, 7) is 10.6. The maximum absolute atomic E-state index is 11.9. The van der Waals surface area contributed by atoms with Crippen LogP contribution in [0.15, 0.2) is 0 Å². The summed E-state index contributed by atoms with van der Waals surface area (Å²) < 4.78 is 21.3. The minimum atomic E-state index is -4.19. The molecule has 3 N–H and O–H groups in total. The fourth-order valence-corrected chi connectivity index (χ4v) is 2.65. The van der Waals surface area contributed by atoms with Crippen LogP contribution in [0, 0.1) is 11.3 Å². The number of carbonyl (C=O) groups is 1. The van der Waals surface area contributed by atoms with Gasteiger partial charge in [0.25, 0.3) is 0 Å². The van der Waals surface area contributed by atoms with Gasteiger partial charge in [-0.1, -0.05) is 27.7 Å². The molecule has 2 unspecified atom stereocenters. The number of phosphoric ester groups is 1. The second-order valence-corrected chi connectivity index (χ2v) is 8.17. The minimum absolute atomic E-state index is 0.285. The quantitative estimate of drug-likeness (QED) is 0.526. The fourth-order valence-electron chi connectivity index (χ4n) is 1.56. The molecule has 0 radical (unpaired) electrons. The maximum atomic E-state index is 11.9. The van der Waals surface area contributed by atoms with Crippen LogP contribution in [0.5, 0.6) is 0 Å². The number of nitrogens with one attached hydrogen (secondary N) is 1. The number of carbonyl (C=O) groups excluding carboxylic acids is 1. The van der Waals surface area contributed by atoms with Crippen LogP contribution in [0.25, 0.3) is 0 Å². The Morgan fingerprint density at radius 1 is 1.27 bits per heavy atom. The standard InChI is InChI=1S/C14H30NO6P/c1-10(2)7-8-15-13(17)12(16)14(5,6)9-20-22(18,19)21-11(3)4/h10-12,16H,7-9H2,1-6H3,(H,15,17)(H,18,19). The summed E-state index contributed by atoms with van der Waals surface area (Å²) in [5, 5.41) is 12.7. The molecule has 2 atom stereocenters. The topological polar surface area (TPSA) is 105 Å². The predicted octanol–water partition coefficient (Wildman–Crippen LogP) is 2.08. The van der Waals surface area contributed by atoms with E-state index in [0.29, 0.717) is 12.5 Å². The first kappa shape index (κ1) is 21.5. The lowest BCUT2D eigenvalue weighted by molar-refractivity contribution is -0.137. The highest BCUT2D eigenvalue weighted by Gasteiger charge is 2.36. The Balaban J connectivity index is 4.46. The molecule has 0 bridgehead atoms. The third-order valence-electron chi connectivity index (χ3n) is 2.95. The van der Waals surface area contributed by atoms with E-state index in [1.165, 1.54) is 0 Å². The van der Waals surface area contributed by atoms with Gasteiger partial charge in [0.2, 0.25) is 5.91 Å². The summed E-state index contributed by atoms with van der Waals surface area (Å²) in [6, 6.07) is 0. The summed E-state index contributed by atoms with van der Waals surface area (Å²) in [4.78, 5) is 21.4. The second-order valence-electron chi connectivity index (χ2n) is 6.76. The average molecular weight is 339 g/mol. The van der Waals surface area contributed by atoms with E-state index in [1.54, 1.807) is 27.7 Å². The third kappa shape index (κ3) is 8.86. The van der Waals surface area contributed by atoms with Crippen LogP contribution in [0.4, 0.5) is 0 Å². The molecule has 0 aliphatic rings. The van der Waals surface area contributed by atoms with Gasteiger partial charge in [-0.05, 0) is 26.2 Å². The molecule has 0 aromatic heterocycles. The monoisotopic (exact) mass is 339 g/mol. The Hall–Kier alpha value is -0.460. The van der Waals surface area contributed by atoms with Gasteiger partial charge < -0.3 is 15.3 Å². The number of hydrogen-bond acceptors (Lipinski definition) is 5. The van der Waals surface area contributed by atoms with E-state index in [9.17, 15) is 19.4 Å². The normalized spacial score (nSPS) is 16.6. The van der Waals surface area contributed by atoms with Crippen LogP contribution >= 0.6 is 7.82 Å². The van der Waals surface area contributed by atoms with Crippen molar-refractivity contribution in [1.29, 1.82) is 0 Å². The van der Waals surface area contributed by atoms with Crippen molar-refractivity contribution >= 4 is 13.7 Å². The average Bonchev–Trinajstić information content (AvgIpc) is 2.33. The van der Waals surface area contributed by atoms with Crippen LogP contribution in [0.1, 0.15) is 48.0 Å². The van der Waals surface area contributed by atoms with Crippen molar-refractivity contribution in [2.24, 2.45) is 11.3 Å². The van der Waals surface area contributed by atoms with Gasteiger partial charge in [-0.3, -0.25) is 13.8 Å². The van der Waals surface area contributed by atoms with Crippen LogP contribution < -0.4 is 5.32 Å². The molecule has 0 aliphatic carbocycles. The molecule has 0 aromatic carbocycles. The summed E-state index contributed by atoms with van der Waals surface area (Å²) >= 11 is 0. The minimum Gasteiger partial charge on any atom is -0.383 e. The van der Waals surface area contributed by atoms with E-state index in [0.717, 1.165) is 6.42 Å². The Labute approximate surface area is 133 Å². The van der Waals surface area contributed by atoms with Crippen molar-refractivity contribution in [3.8, 4) is 0 Å². The van der Waals surface area contributed by atoms with E-state index >= 15 is 0 Å². The van der Waals surface area contributed by atoms with Crippen molar-refractivity contribution in [1.82, 2.24) is 5.32 Å². The highest BCUT2D eigenvalue weighted by atomic mass is 31.2. The van der Waals surface area contributed by atoms with Crippen molar-refractivity contribution in [2.45, 2.75) is 60.2 Å². The molecule has 0 rings (SSSR count). The molecule has 0 spiro atoms. The van der Waals surface area contributed by atoms with Crippen LogP contribution in [-0.4, -0.2) is 41.3 Å². The van der Waals surface area contributed by atoms with Crippen molar-refractivity contribution in [3.05, 3.63) is 0 Å². The third-order valence-corrected chi connectivity index (χ3v) is 4.10. The Morgan fingerprint density at radius 3 is 2.27 bits per heavy atom. The lowest BCUT2D eigenvalue weighted by atomic mass is 9.87. The summed E-state index contributed by atoms with van der Waals surface area (Å²) in [5.41, 5.74) is -1.03. The zero-order chi connectivity index (χ0) is 17.6. The summed E-state index contributed by atoms with van der Waals surface area (Å²) in [6.07, 6.45) is -1.01. The lowest BCUT2D eigenvalue weighted by Gasteiger charge is -2.30. The van der Waals surface area contributed by atoms with Gasteiger partial charge in [-0.2, -0.15) is 0 Å². The number of rotatable bonds is 10. The van der Waals surface area contributed by atoms with Crippen molar-refractivity contribution in [3.63, 3.8) is 0 Å². The van der Waals surface area contributed by atoms with Gasteiger partial charge in [0, 0.05) is 12.0 Å². The first-order valence-electron chi connectivity index (χ1n) is 7.49. The molecule has 0 heterocycles. The zero-order valence-electron chi connectivity index (χ0n) is 14.3. The number of phosphoric acid groups is 1. The van der Waals surface area contributed by atoms with Gasteiger partial charge in [-0.25, -0.2) is 4.57 Å². The van der Waals surface area contributed by atoms with Crippen LogP contribution in [0.3, 0.4) is 0 Å².